The third-order valence-corrected chi connectivity index (χ3v) is 4.27. The van der Waals surface area contributed by atoms with Gasteiger partial charge in [0.2, 0.25) is 0 Å². The maximum Gasteiger partial charge on any atom is 0.336 e. The number of halogens is 1. The summed E-state index contributed by atoms with van der Waals surface area (Å²) < 4.78 is 5.64. The standard InChI is InChI=1S/C10H7BrN2O2S2/c1-5-12-10(17-13-5)16-8-4-6(11)2-3-7(8)9(14)15/h2-4H,1H3,(H,14,15). The number of nitrogens with zero attached hydrogens (tertiary/aromatic N) is 2. The molecule has 88 valence electrons. The molecule has 0 saturated heterocycles. The van der Waals surface area contributed by atoms with E-state index in [0.29, 0.717) is 10.7 Å². The lowest BCUT2D eigenvalue weighted by atomic mass is 10.2. The van der Waals surface area contributed by atoms with E-state index in [0.717, 1.165) is 8.81 Å². The van der Waals surface area contributed by atoms with Crippen molar-refractivity contribution >= 4 is 45.2 Å². The zero-order valence-electron chi connectivity index (χ0n) is 8.68. The Balaban J connectivity index is 2.37. The minimum absolute atomic E-state index is 0.269. The fourth-order valence-electron chi connectivity index (χ4n) is 1.17. The van der Waals surface area contributed by atoms with E-state index < -0.39 is 5.97 Å². The first-order valence-electron chi connectivity index (χ1n) is 4.57. The van der Waals surface area contributed by atoms with Crippen molar-refractivity contribution in [1.82, 2.24) is 9.36 Å². The number of aryl methyl sites for hydroxylation is 1. The number of carboxylic acids is 1. The van der Waals surface area contributed by atoms with Crippen LogP contribution in [-0.4, -0.2) is 20.4 Å². The molecule has 0 atom stereocenters. The molecular weight excluding hydrogens is 324 g/mol. The summed E-state index contributed by atoms with van der Waals surface area (Å²) in [6.07, 6.45) is 0. The van der Waals surface area contributed by atoms with E-state index in [1.165, 1.54) is 23.3 Å². The van der Waals surface area contributed by atoms with Crippen LogP contribution in [0.2, 0.25) is 0 Å². The number of rotatable bonds is 3. The van der Waals surface area contributed by atoms with Gasteiger partial charge in [-0.15, -0.1) is 0 Å². The molecule has 0 aliphatic carbocycles. The van der Waals surface area contributed by atoms with Crippen molar-refractivity contribution in [3.8, 4) is 0 Å². The first kappa shape index (κ1) is 12.5. The summed E-state index contributed by atoms with van der Waals surface area (Å²) in [5, 5.41) is 9.08. The van der Waals surface area contributed by atoms with Crippen LogP contribution < -0.4 is 0 Å². The smallest absolute Gasteiger partial charge is 0.336 e. The van der Waals surface area contributed by atoms with Gasteiger partial charge in [0.25, 0.3) is 0 Å². The molecule has 0 aliphatic heterocycles. The molecule has 1 N–H and O–H groups in total. The Morgan fingerprint density at radius 2 is 2.29 bits per heavy atom. The third-order valence-electron chi connectivity index (χ3n) is 1.88. The monoisotopic (exact) mass is 330 g/mol. The highest BCUT2D eigenvalue weighted by atomic mass is 79.9. The molecule has 0 unspecified atom stereocenters. The van der Waals surface area contributed by atoms with Crippen molar-refractivity contribution < 1.29 is 9.90 Å². The van der Waals surface area contributed by atoms with Gasteiger partial charge in [-0.25, -0.2) is 9.78 Å². The summed E-state index contributed by atoms with van der Waals surface area (Å²) >= 11 is 5.90. The molecule has 2 rings (SSSR count). The Kier molecular flexibility index (Phi) is 3.80. The van der Waals surface area contributed by atoms with Gasteiger partial charge in [-0.3, -0.25) is 0 Å². The molecule has 0 radical (unpaired) electrons. The summed E-state index contributed by atoms with van der Waals surface area (Å²) in [5.74, 6) is -0.245. The van der Waals surface area contributed by atoms with Gasteiger partial charge in [-0.05, 0) is 36.7 Å². The normalized spacial score (nSPS) is 10.5. The molecule has 1 aromatic carbocycles. The van der Waals surface area contributed by atoms with Gasteiger partial charge in [0.15, 0.2) is 4.34 Å². The number of aromatic carboxylic acids is 1. The summed E-state index contributed by atoms with van der Waals surface area (Å²) in [6, 6.07) is 5.05. The highest BCUT2D eigenvalue weighted by Crippen LogP contribution is 2.33. The van der Waals surface area contributed by atoms with E-state index in [2.05, 4.69) is 25.3 Å². The zero-order chi connectivity index (χ0) is 12.4. The molecule has 1 aromatic heterocycles. The van der Waals surface area contributed by atoms with Gasteiger partial charge in [0, 0.05) is 9.37 Å². The maximum absolute atomic E-state index is 11.1. The average Bonchev–Trinajstić information content (AvgIpc) is 2.63. The largest absolute Gasteiger partial charge is 0.478 e. The number of hydrogen-bond donors (Lipinski definition) is 1. The van der Waals surface area contributed by atoms with Crippen LogP contribution in [-0.2, 0) is 0 Å². The van der Waals surface area contributed by atoms with Crippen molar-refractivity contribution in [2.45, 2.75) is 16.2 Å². The number of aromatic nitrogens is 2. The average molecular weight is 331 g/mol. The lowest BCUT2D eigenvalue weighted by Gasteiger charge is -2.03. The van der Waals surface area contributed by atoms with E-state index >= 15 is 0 Å². The lowest BCUT2D eigenvalue weighted by molar-refractivity contribution is 0.0693. The van der Waals surface area contributed by atoms with Crippen molar-refractivity contribution in [2.75, 3.05) is 0 Å². The molecule has 2 aromatic rings. The van der Waals surface area contributed by atoms with Crippen LogP contribution in [0.4, 0.5) is 0 Å². The summed E-state index contributed by atoms with van der Waals surface area (Å²) in [6.45, 7) is 1.81. The molecule has 1 heterocycles. The Morgan fingerprint density at radius 3 is 2.88 bits per heavy atom. The Labute approximate surface area is 114 Å². The number of benzene rings is 1. The van der Waals surface area contributed by atoms with Gasteiger partial charge in [-0.2, -0.15) is 4.37 Å². The van der Waals surface area contributed by atoms with Gasteiger partial charge in [-0.1, -0.05) is 27.7 Å². The second-order valence-corrected chi connectivity index (χ2v) is 6.11. The Bertz CT molecular complexity index is 571. The second-order valence-electron chi connectivity index (χ2n) is 3.16. The fourth-order valence-corrected chi connectivity index (χ4v) is 3.45. The Morgan fingerprint density at radius 1 is 1.53 bits per heavy atom. The van der Waals surface area contributed by atoms with Crippen LogP contribution >= 0.6 is 39.2 Å². The van der Waals surface area contributed by atoms with E-state index in [4.69, 9.17) is 5.11 Å². The Hall–Kier alpha value is -0.920. The van der Waals surface area contributed by atoms with Gasteiger partial charge >= 0.3 is 5.97 Å². The topological polar surface area (TPSA) is 63.1 Å². The first-order chi connectivity index (χ1) is 8.06. The third kappa shape index (κ3) is 3.05. The minimum atomic E-state index is -0.943. The van der Waals surface area contributed by atoms with Crippen molar-refractivity contribution in [3.63, 3.8) is 0 Å². The molecular formula is C10H7BrN2O2S2. The van der Waals surface area contributed by atoms with Gasteiger partial charge in [0.05, 0.1) is 5.56 Å². The van der Waals surface area contributed by atoms with E-state index in [1.54, 1.807) is 25.1 Å². The zero-order valence-corrected chi connectivity index (χ0v) is 11.9. The predicted octanol–water partition coefficient (Wildman–Crippen LogP) is 3.46. The summed E-state index contributed by atoms with van der Waals surface area (Å²) in [7, 11) is 0. The maximum atomic E-state index is 11.1. The summed E-state index contributed by atoms with van der Waals surface area (Å²) in [5.41, 5.74) is 0.269. The van der Waals surface area contributed by atoms with E-state index in [1.807, 2.05) is 0 Å². The van der Waals surface area contributed by atoms with Gasteiger partial charge in [0.1, 0.15) is 5.82 Å². The van der Waals surface area contributed by atoms with Crippen molar-refractivity contribution in [2.24, 2.45) is 0 Å². The van der Waals surface area contributed by atoms with Crippen LogP contribution in [0.3, 0.4) is 0 Å². The first-order valence-corrected chi connectivity index (χ1v) is 6.95. The van der Waals surface area contributed by atoms with Gasteiger partial charge < -0.3 is 5.11 Å². The summed E-state index contributed by atoms with van der Waals surface area (Å²) in [4.78, 5) is 15.9. The fraction of sp³-hybridized carbons (Fsp3) is 0.100. The molecule has 7 heteroatoms. The van der Waals surface area contributed by atoms with E-state index in [9.17, 15) is 4.79 Å². The van der Waals surface area contributed by atoms with Crippen molar-refractivity contribution in [3.05, 3.63) is 34.1 Å². The number of carbonyl (C=O) groups is 1. The van der Waals surface area contributed by atoms with Crippen LogP contribution in [0, 0.1) is 6.92 Å². The molecule has 0 aliphatic rings. The van der Waals surface area contributed by atoms with Crippen LogP contribution in [0.5, 0.6) is 0 Å². The predicted molar refractivity (Wildman–Crippen MR) is 69.9 cm³/mol. The van der Waals surface area contributed by atoms with Crippen LogP contribution in [0.15, 0.2) is 31.9 Å². The number of carboxylic acid groups (broad SMARTS) is 1. The SMILES string of the molecule is Cc1nsc(Sc2cc(Br)ccc2C(=O)O)n1. The number of hydrogen-bond acceptors (Lipinski definition) is 5. The van der Waals surface area contributed by atoms with Crippen molar-refractivity contribution in [1.29, 1.82) is 0 Å². The molecule has 4 nitrogen and oxygen atoms in total. The second kappa shape index (κ2) is 5.16. The van der Waals surface area contributed by atoms with Crippen LogP contribution in [0.1, 0.15) is 16.2 Å². The molecule has 0 bridgehead atoms. The molecule has 17 heavy (non-hydrogen) atoms. The minimum Gasteiger partial charge on any atom is -0.478 e. The molecule has 0 amide bonds. The highest BCUT2D eigenvalue weighted by molar-refractivity contribution is 9.10. The van der Waals surface area contributed by atoms with E-state index in [-0.39, 0.29) is 5.56 Å². The molecule has 0 spiro atoms. The quantitative estimate of drug-likeness (QED) is 0.933. The molecule has 0 saturated carbocycles. The highest BCUT2D eigenvalue weighted by Gasteiger charge is 2.13. The lowest BCUT2D eigenvalue weighted by Crippen LogP contribution is -1.98. The van der Waals surface area contributed by atoms with Crippen LogP contribution in [0.25, 0.3) is 0 Å². The molecule has 0 fully saturated rings.